The van der Waals surface area contributed by atoms with E-state index in [2.05, 4.69) is 10.3 Å². The van der Waals surface area contributed by atoms with Gasteiger partial charge in [0.25, 0.3) is 0 Å². The third kappa shape index (κ3) is 5.64. The molecule has 0 saturated carbocycles. The molecule has 0 saturated heterocycles. The van der Waals surface area contributed by atoms with Gasteiger partial charge < -0.3 is 15.2 Å². The summed E-state index contributed by atoms with van der Waals surface area (Å²) < 4.78 is 17.9. The van der Waals surface area contributed by atoms with E-state index in [0.29, 0.717) is 5.56 Å². The zero-order valence-corrected chi connectivity index (χ0v) is 11.5. The molecule has 0 fully saturated rings. The summed E-state index contributed by atoms with van der Waals surface area (Å²) in [5.74, 6) is -1.93. The Hall–Kier alpha value is -2.18. The third-order valence-electron chi connectivity index (χ3n) is 2.22. The molecule has 2 N–H and O–H groups in total. The normalized spacial score (nSPS) is 12.6. The van der Waals surface area contributed by atoms with Crippen LogP contribution in [0.3, 0.4) is 0 Å². The van der Waals surface area contributed by atoms with Gasteiger partial charge in [-0.2, -0.15) is 4.39 Å². The smallest absolute Gasteiger partial charge is 0.408 e. The van der Waals surface area contributed by atoms with Crippen LogP contribution in [-0.2, 0) is 16.0 Å². The van der Waals surface area contributed by atoms with Gasteiger partial charge in [0.2, 0.25) is 5.95 Å². The van der Waals surface area contributed by atoms with Crippen molar-refractivity contribution in [2.75, 3.05) is 0 Å². The van der Waals surface area contributed by atoms with Crippen molar-refractivity contribution in [1.82, 2.24) is 10.3 Å². The Balaban J connectivity index is 2.71. The number of hydrogen-bond acceptors (Lipinski definition) is 4. The van der Waals surface area contributed by atoms with Crippen LogP contribution in [0.25, 0.3) is 0 Å². The van der Waals surface area contributed by atoms with Gasteiger partial charge in [-0.15, -0.1) is 0 Å². The van der Waals surface area contributed by atoms with Gasteiger partial charge in [-0.3, -0.25) is 0 Å². The summed E-state index contributed by atoms with van der Waals surface area (Å²) >= 11 is 0. The number of carboxylic acids is 1. The number of pyridine rings is 1. The number of aliphatic carboxylic acids is 1. The SMILES string of the molecule is CC(C)(C)OC(=O)N[C@H](Cc1ccnc(F)c1)C(=O)O. The number of hydrogen-bond donors (Lipinski definition) is 2. The largest absolute Gasteiger partial charge is 0.480 e. The van der Waals surface area contributed by atoms with Gasteiger partial charge in [0.15, 0.2) is 0 Å². The maximum absolute atomic E-state index is 12.9. The average molecular weight is 284 g/mol. The summed E-state index contributed by atoms with van der Waals surface area (Å²) in [4.78, 5) is 26.0. The lowest BCUT2D eigenvalue weighted by atomic mass is 10.1. The first-order valence-electron chi connectivity index (χ1n) is 6.00. The molecule has 0 bridgehead atoms. The van der Waals surface area contributed by atoms with Crippen molar-refractivity contribution in [3.8, 4) is 0 Å². The Morgan fingerprint density at radius 2 is 2.15 bits per heavy atom. The molecule has 0 aliphatic rings. The van der Waals surface area contributed by atoms with Crippen LogP contribution in [0.5, 0.6) is 0 Å². The first-order valence-corrected chi connectivity index (χ1v) is 6.00. The molecule has 0 radical (unpaired) electrons. The predicted molar refractivity (Wildman–Crippen MR) is 68.7 cm³/mol. The summed E-state index contributed by atoms with van der Waals surface area (Å²) in [6.45, 7) is 5.00. The molecule has 0 unspecified atom stereocenters. The van der Waals surface area contributed by atoms with Crippen molar-refractivity contribution in [2.45, 2.75) is 38.8 Å². The van der Waals surface area contributed by atoms with E-state index in [-0.39, 0.29) is 6.42 Å². The summed E-state index contributed by atoms with van der Waals surface area (Å²) in [5, 5.41) is 11.3. The number of aromatic nitrogens is 1. The van der Waals surface area contributed by atoms with Crippen molar-refractivity contribution >= 4 is 12.1 Å². The second-order valence-electron chi connectivity index (χ2n) is 5.23. The highest BCUT2D eigenvalue weighted by atomic mass is 19.1. The molecule has 1 rings (SSSR count). The molecule has 6 nitrogen and oxygen atoms in total. The zero-order chi connectivity index (χ0) is 15.3. The van der Waals surface area contributed by atoms with Crippen LogP contribution in [0.15, 0.2) is 18.3 Å². The molecule has 20 heavy (non-hydrogen) atoms. The quantitative estimate of drug-likeness (QED) is 0.822. The Morgan fingerprint density at radius 3 is 2.65 bits per heavy atom. The molecule has 1 heterocycles. The van der Waals surface area contributed by atoms with Crippen LogP contribution < -0.4 is 5.32 Å². The molecule has 1 aromatic heterocycles. The van der Waals surface area contributed by atoms with E-state index in [1.807, 2.05) is 0 Å². The van der Waals surface area contributed by atoms with Crippen LogP contribution >= 0.6 is 0 Å². The number of nitrogens with one attached hydrogen (secondary N) is 1. The number of rotatable bonds is 4. The van der Waals surface area contributed by atoms with Gasteiger partial charge >= 0.3 is 12.1 Å². The fraction of sp³-hybridized carbons (Fsp3) is 0.462. The van der Waals surface area contributed by atoms with E-state index in [1.165, 1.54) is 12.3 Å². The molecule has 7 heteroatoms. The first-order chi connectivity index (χ1) is 9.17. The Kier molecular flexibility index (Phi) is 5.01. The van der Waals surface area contributed by atoms with E-state index in [1.54, 1.807) is 20.8 Å². The van der Waals surface area contributed by atoms with Crippen molar-refractivity contribution in [3.63, 3.8) is 0 Å². The molecule has 1 atom stereocenters. The summed E-state index contributed by atoms with van der Waals surface area (Å²) in [6, 6.07) is 1.40. The number of amides is 1. The molecule has 1 aromatic rings. The lowest BCUT2D eigenvalue weighted by Crippen LogP contribution is -2.44. The van der Waals surface area contributed by atoms with Gasteiger partial charge in [-0.05, 0) is 38.5 Å². The number of halogens is 1. The minimum Gasteiger partial charge on any atom is -0.480 e. The lowest BCUT2D eigenvalue weighted by molar-refractivity contribution is -0.139. The first kappa shape index (κ1) is 15.9. The standard InChI is InChI=1S/C13H17FN2O4/c1-13(2,3)20-12(19)16-9(11(17)18)6-8-4-5-15-10(14)7-8/h4-5,7,9H,6H2,1-3H3,(H,16,19)(H,17,18)/t9-/m1/s1. The van der Waals surface area contributed by atoms with E-state index in [0.717, 1.165) is 6.07 Å². The van der Waals surface area contributed by atoms with Crippen LogP contribution in [-0.4, -0.2) is 33.8 Å². The second-order valence-corrected chi connectivity index (χ2v) is 5.23. The highest BCUT2D eigenvalue weighted by Crippen LogP contribution is 2.09. The molecule has 1 amide bonds. The second kappa shape index (κ2) is 6.31. The van der Waals surface area contributed by atoms with Crippen LogP contribution in [0.1, 0.15) is 26.3 Å². The van der Waals surface area contributed by atoms with Crippen molar-refractivity contribution < 1.29 is 23.8 Å². The monoisotopic (exact) mass is 284 g/mol. The molecule has 0 aliphatic carbocycles. The molecular weight excluding hydrogens is 267 g/mol. The van der Waals surface area contributed by atoms with Crippen molar-refractivity contribution in [2.24, 2.45) is 0 Å². The summed E-state index contributed by atoms with van der Waals surface area (Å²) in [5.41, 5.74) is -0.309. The van der Waals surface area contributed by atoms with Crippen LogP contribution in [0.4, 0.5) is 9.18 Å². The number of carbonyl (C=O) groups is 2. The fourth-order valence-electron chi connectivity index (χ4n) is 1.46. The minimum atomic E-state index is -1.23. The topological polar surface area (TPSA) is 88.5 Å². The number of ether oxygens (including phenoxy) is 1. The highest BCUT2D eigenvalue weighted by molar-refractivity contribution is 5.80. The number of alkyl carbamates (subject to hydrolysis) is 1. The van der Waals surface area contributed by atoms with Crippen molar-refractivity contribution in [3.05, 3.63) is 29.8 Å². The van der Waals surface area contributed by atoms with Crippen molar-refractivity contribution in [1.29, 1.82) is 0 Å². The van der Waals surface area contributed by atoms with Crippen LogP contribution in [0, 0.1) is 5.95 Å². The summed E-state index contributed by atoms with van der Waals surface area (Å²) in [7, 11) is 0. The van der Waals surface area contributed by atoms with Crippen LogP contribution in [0.2, 0.25) is 0 Å². The predicted octanol–water partition coefficient (Wildman–Crippen LogP) is 1.74. The molecule has 0 aromatic carbocycles. The molecular formula is C13H17FN2O4. The Morgan fingerprint density at radius 1 is 1.50 bits per heavy atom. The third-order valence-corrected chi connectivity index (χ3v) is 2.22. The molecule has 0 aliphatic heterocycles. The number of carbonyl (C=O) groups excluding carboxylic acids is 1. The van der Waals surface area contributed by atoms with E-state index in [4.69, 9.17) is 9.84 Å². The van der Waals surface area contributed by atoms with Gasteiger partial charge in [-0.25, -0.2) is 14.6 Å². The van der Waals surface area contributed by atoms with E-state index >= 15 is 0 Å². The fourth-order valence-corrected chi connectivity index (χ4v) is 1.46. The average Bonchev–Trinajstić information content (AvgIpc) is 2.25. The van der Waals surface area contributed by atoms with Gasteiger partial charge in [0.1, 0.15) is 11.6 Å². The maximum Gasteiger partial charge on any atom is 0.408 e. The minimum absolute atomic E-state index is 0.0615. The lowest BCUT2D eigenvalue weighted by Gasteiger charge is -2.22. The number of nitrogens with zero attached hydrogens (tertiary/aromatic N) is 1. The maximum atomic E-state index is 12.9. The van der Waals surface area contributed by atoms with Gasteiger partial charge in [0.05, 0.1) is 0 Å². The Bertz CT molecular complexity index is 499. The van der Waals surface area contributed by atoms with Gasteiger partial charge in [0, 0.05) is 12.6 Å². The van der Waals surface area contributed by atoms with E-state index < -0.39 is 29.7 Å². The van der Waals surface area contributed by atoms with E-state index in [9.17, 15) is 14.0 Å². The zero-order valence-electron chi connectivity index (χ0n) is 11.5. The Labute approximate surface area is 116 Å². The summed E-state index contributed by atoms with van der Waals surface area (Å²) in [6.07, 6.45) is 0.338. The highest BCUT2D eigenvalue weighted by Gasteiger charge is 2.24. The number of carboxylic acid groups (broad SMARTS) is 1. The molecule has 0 spiro atoms. The molecule has 110 valence electrons. The van der Waals surface area contributed by atoms with Gasteiger partial charge in [-0.1, -0.05) is 0 Å².